The maximum Gasteiger partial charge on any atom is 0.409 e. The number of rotatable bonds is 6. The van der Waals surface area contributed by atoms with Crippen LogP contribution in [-0.4, -0.2) is 53.0 Å². The van der Waals surface area contributed by atoms with Gasteiger partial charge in [0.25, 0.3) is 5.56 Å². The van der Waals surface area contributed by atoms with Crippen molar-refractivity contribution in [2.24, 2.45) is 0 Å². The second-order valence-electron chi connectivity index (χ2n) is 6.55. The number of amides is 2. The Morgan fingerprint density at radius 3 is 2.59 bits per heavy atom. The van der Waals surface area contributed by atoms with Gasteiger partial charge in [0.2, 0.25) is 0 Å². The van der Waals surface area contributed by atoms with Crippen LogP contribution in [0.3, 0.4) is 0 Å². The number of carbonyl (C=O) groups is 1. The van der Waals surface area contributed by atoms with E-state index < -0.39 is 36.0 Å². The molecule has 1 atom stereocenters. The van der Waals surface area contributed by atoms with Crippen LogP contribution in [0, 0.1) is 6.92 Å². The fourth-order valence-electron chi connectivity index (χ4n) is 3.04. The Morgan fingerprint density at radius 2 is 2.03 bits per heavy atom. The van der Waals surface area contributed by atoms with Crippen LogP contribution in [0.4, 0.5) is 18.0 Å². The van der Waals surface area contributed by atoms with Crippen LogP contribution in [-0.2, 0) is 17.8 Å². The Balaban J connectivity index is 2.35. The Bertz CT molecular complexity index is 1140. The first-order chi connectivity index (χ1) is 14.3. The first-order valence-electron chi connectivity index (χ1n) is 9.74. The number of aromatic nitrogens is 2. The first kappa shape index (κ1) is 18.7. The molecule has 0 radical (unpaired) electrons. The number of fused-ring (bicyclic) bond motifs is 1. The summed E-state index contributed by atoms with van der Waals surface area (Å²) in [7, 11) is 1.35. The number of hydrogen-bond donors (Lipinski definition) is 1. The van der Waals surface area contributed by atoms with Crippen molar-refractivity contribution in [2.45, 2.75) is 39.1 Å². The molecule has 3 heterocycles. The van der Waals surface area contributed by atoms with Crippen molar-refractivity contribution in [3.63, 3.8) is 0 Å². The fraction of sp³-hybridized carbons (Fsp3) is 0.588. The highest BCUT2D eigenvalue weighted by atomic mass is 32.1. The lowest BCUT2D eigenvalue weighted by Gasteiger charge is -2.19. The second kappa shape index (κ2) is 7.82. The fourth-order valence-corrected chi connectivity index (χ4v) is 4.27. The van der Waals surface area contributed by atoms with Crippen molar-refractivity contribution in [1.82, 2.24) is 19.4 Å². The van der Waals surface area contributed by atoms with Crippen LogP contribution < -0.4 is 16.6 Å². The predicted molar refractivity (Wildman–Crippen MR) is 102 cm³/mol. The number of nitrogens with zero attached hydrogens (tertiary/aromatic N) is 3. The van der Waals surface area contributed by atoms with Crippen LogP contribution in [0.15, 0.2) is 9.59 Å². The molecule has 1 saturated heterocycles. The lowest BCUT2D eigenvalue weighted by Crippen LogP contribution is -2.45. The monoisotopic (exact) mass is 436 g/mol. The third-order valence-corrected chi connectivity index (χ3v) is 5.94. The zero-order valence-corrected chi connectivity index (χ0v) is 16.7. The number of hydrogen-bond acceptors (Lipinski definition) is 5. The molecule has 1 N–H and O–H groups in total. The summed E-state index contributed by atoms with van der Waals surface area (Å²) in [5.41, 5.74) is -2.23. The van der Waals surface area contributed by atoms with Gasteiger partial charge in [-0.1, -0.05) is 0 Å². The average Bonchev–Trinajstić information content (AvgIpc) is 3.25. The van der Waals surface area contributed by atoms with Crippen molar-refractivity contribution >= 4 is 27.6 Å². The van der Waals surface area contributed by atoms with Gasteiger partial charge < -0.3 is 15.0 Å². The molecule has 3 rings (SSSR count). The van der Waals surface area contributed by atoms with Crippen molar-refractivity contribution in [2.75, 3.05) is 26.8 Å². The van der Waals surface area contributed by atoms with Gasteiger partial charge in [-0.05, 0) is 19.4 Å². The van der Waals surface area contributed by atoms with Crippen molar-refractivity contribution in [3.05, 3.63) is 31.3 Å². The smallest absolute Gasteiger partial charge is 0.383 e. The number of alkyl halides is 3. The van der Waals surface area contributed by atoms with Crippen LogP contribution in [0.5, 0.6) is 0 Å². The molecular formula is C17H21F3N4O4S. The molecule has 12 heteroatoms. The van der Waals surface area contributed by atoms with Gasteiger partial charge in [0.15, 0.2) is 0 Å². The predicted octanol–water partition coefficient (Wildman–Crippen LogP) is 1.83. The van der Waals surface area contributed by atoms with Gasteiger partial charge in [-0.2, -0.15) is 13.2 Å². The van der Waals surface area contributed by atoms with E-state index in [0.29, 0.717) is 6.92 Å². The third kappa shape index (κ3) is 3.78. The molecular weight excluding hydrogens is 413 g/mol. The average molecular weight is 436 g/mol. The van der Waals surface area contributed by atoms with Gasteiger partial charge in [0.1, 0.15) is 10.9 Å². The number of aryl methyl sites for hydroxylation is 1. The van der Waals surface area contributed by atoms with Crippen LogP contribution in [0.1, 0.15) is 26.1 Å². The zero-order valence-electron chi connectivity index (χ0n) is 17.9. The molecule has 29 heavy (non-hydrogen) atoms. The van der Waals surface area contributed by atoms with Crippen molar-refractivity contribution < 1.29 is 25.4 Å². The highest BCUT2D eigenvalue weighted by Crippen LogP contribution is 2.32. The molecule has 1 aliphatic heterocycles. The van der Waals surface area contributed by atoms with E-state index in [1.807, 2.05) is 0 Å². The van der Waals surface area contributed by atoms with E-state index in [1.54, 1.807) is 0 Å². The number of methoxy groups -OCH3 is 1. The number of ether oxygens (including phenoxy) is 1. The molecule has 0 spiro atoms. The van der Waals surface area contributed by atoms with Gasteiger partial charge in [0, 0.05) is 25.1 Å². The summed E-state index contributed by atoms with van der Waals surface area (Å²) in [6.07, 6.45) is -4.84. The molecule has 0 aliphatic carbocycles. The van der Waals surface area contributed by atoms with Crippen LogP contribution in [0.2, 0.25) is 0 Å². The van der Waals surface area contributed by atoms with E-state index in [-0.39, 0.29) is 51.5 Å². The summed E-state index contributed by atoms with van der Waals surface area (Å²) >= 11 is 0.769. The summed E-state index contributed by atoms with van der Waals surface area (Å²) in [5, 5.41) is 2.30. The van der Waals surface area contributed by atoms with E-state index in [9.17, 15) is 27.6 Å². The van der Waals surface area contributed by atoms with Crippen molar-refractivity contribution in [3.8, 4) is 0 Å². The highest BCUT2D eigenvalue weighted by Gasteiger charge is 2.40. The summed E-state index contributed by atoms with van der Waals surface area (Å²) in [6.45, 7) is -0.0586. The molecule has 0 bridgehead atoms. The topological polar surface area (TPSA) is 85.6 Å². The maximum absolute atomic E-state index is 13.4. The number of urea groups is 1. The molecule has 0 aromatic carbocycles. The van der Waals surface area contributed by atoms with Gasteiger partial charge in [-0.3, -0.25) is 9.36 Å². The summed E-state index contributed by atoms with van der Waals surface area (Å²) in [5.74, 6) is 0. The molecule has 2 amide bonds. The van der Waals surface area contributed by atoms with E-state index in [1.165, 1.54) is 14.0 Å². The number of halogens is 3. The van der Waals surface area contributed by atoms with E-state index >= 15 is 0 Å². The molecule has 1 aliphatic rings. The Labute approximate surface area is 170 Å². The van der Waals surface area contributed by atoms with Gasteiger partial charge in [0.05, 0.1) is 27.8 Å². The standard InChI is InChI=1S/C17H21F3N4O4S/c1-9-11(8-22-5-4-21-15(22)26)29-14-12(9)13(25)24(10(2)17(18,19)20)16(27)23(14)6-7-28-3/h10H,4-8H2,1-3H3,(H,21,26)/t10-/m0/s1/i8D2. The Kier molecular flexibility index (Phi) is 5.04. The maximum atomic E-state index is 13.4. The van der Waals surface area contributed by atoms with Crippen LogP contribution >= 0.6 is 11.3 Å². The lowest BCUT2D eigenvalue weighted by atomic mass is 10.2. The number of thiophene rings is 1. The Hall–Kier alpha value is -2.34. The third-order valence-electron chi connectivity index (χ3n) is 4.72. The second-order valence-corrected chi connectivity index (χ2v) is 7.55. The van der Waals surface area contributed by atoms with E-state index in [0.717, 1.165) is 20.8 Å². The first-order valence-corrected chi connectivity index (χ1v) is 9.55. The van der Waals surface area contributed by atoms with Gasteiger partial charge >= 0.3 is 17.9 Å². The largest absolute Gasteiger partial charge is 0.409 e. The van der Waals surface area contributed by atoms with E-state index in [4.69, 9.17) is 7.48 Å². The minimum absolute atomic E-state index is 0.0126. The van der Waals surface area contributed by atoms with Crippen LogP contribution in [0.25, 0.3) is 10.2 Å². The molecule has 1 fully saturated rings. The Morgan fingerprint density at radius 1 is 1.34 bits per heavy atom. The minimum Gasteiger partial charge on any atom is -0.383 e. The SMILES string of the molecule is [2H]C([2H])(c1sc2c(c1C)c(=O)n([C@@H](C)C(F)(F)F)c(=O)n2CCOC)N1CCNC1=O. The quantitative estimate of drug-likeness (QED) is 0.749. The summed E-state index contributed by atoms with van der Waals surface area (Å²) in [4.78, 5) is 38.9. The molecule has 0 saturated carbocycles. The number of carbonyl (C=O) groups excluding carboxylic acids is 1. The summed E-state index contributed by atoms with van der Waals surface area (Å²) in [6, 6.07) is -3.02. The highest BCUT2D eigenvalue weighted by molar-refractivity contribution is 7.18. The number of nitrogens with one attached hydrogen (secondary N) is 1. The summed E-state index contributed by atoms with van der Waals surface area (Å²) < 4.78 is 63.2. The van der Waals surface area contributed by atoms with Crippen molar-refractivity contribution in [1.29, 1.82) is 0 Å². The lowest BCUT2D eigenvalue weighted by molar-refractivity contribution is -0.164. The molecule has 2 aromatic rings. The van der Waals surface area contributed by atoms with E-state index in [2.05, 4.69) is 5.32 Å². The molecule has 2 aromatic heterocycles. The minimum atomic E-state index is -4.84. The molecule has 0 unspecified atom stereocenters. The molecule has 8 nitrogen and oxygen atoms in total. The molecule has 160 valence electrons. The van der Waals surface area contributed by atoms with Gasteiger partial charge in [-0.25, -0.2) is 14.2 Å². The zero-order chi connectivity index (χ0) is 23.3. The van der Waals surface area contributed by atoms with Gasteiger partial charge in [-0.15, -0.1) is 11.3 Å². The normalized spacial score (nSPS) is 17.4.